The zero-order valence-corrected chi connectivity index (χ0v) is 18.0. The van der Waals surface area contributed by atoms with Gasteiger partial charge in [0.05, 0.1) is 11.7 Å². The van der Waals surface area contributed by atoms with Crippen molar-refractivity contribution >= 4 is 23.2 Å². The highest BCUT2D eigenvalue weighted by atomic mass is 15.4. The predicted octanol–water partition coefficient (Wildman–Crippen LogP) is 3.84. The maximum absolute atomic E-state index is 7.79. The first kappa shape index (κ1) is 21.5. The van der Waals surface area contributed by atoms with Crippen LogP contribution in [0.3, 0.4) is 0 Å². The van der Waals surface area contributed by atoms with Gasteiger partial charge in [-0.25, -0.2) is 5.84 Å². The van der Waals surface area contributed by atoms with Crippen LogP contribution in [-0.4, -0.2) is 24.8 Å². The molecule has 0 bridgehead atoms. The van der Waals surface area contributed by atoms with E-state index < -0.39 is 0 Å². The third-order valence-corrected chi connectivity index (χ3v) is 5.49. The lowest BCUT2D eigenvalue weighted by Crippen LogP contribution is -2.31. The fourth-order valence-electron chi connectivity index (χ4n) is 3.93. The molecule has 2 aromatic carbocycles. The van der Waals surface area contributed by atoms with Gasteiger partial charge in [0.25, 0.3) is 0 Å². The molecule has 1 aliphatic rings. The van der Waals surface area contributed by atoms with Crippen LogP contribution in [0.4, 0.5) is 5.69 Å². The summed E-state index contributed by atoms with van der Waals surface area (Å²) in [5.41, 5.74) is 14.1. The summed E-state index contributed by atoms with van der Waals surface area (Å²) in [5.74, 6) is 6.37. The number of nitrogens with one attached hydrogen (secondary N) is 3. The standard InChI is InChI=1S/C24H32N6/c1-4-17-5-8-20(9-6-17)29-23-11-12-30(27)24(16(2)26)21-10-7-18(13-22(21)23)19(14-25)15-28-3/h5-10,13-15,23,25,28-29H,4,11-12,26-27H2,1-3H3/b19-15+,24-16-,25-14?. The molecule has 0 radical (unpaired) electrons. The van der Waals surface area contributed by atoms with Crippen molar-refractivity contribution in [1.82, 2.24) is 10.3 Å². The number of hydrogen-bond acceptors (Lipinski definition) is 6. The number of hydrogen-bond donors (Lipinski definition) is 5. The first-order valence-corrected chi connectivity index (χ1v) is 10.3. The second-order valence-corrected chi connectivity index (χ2v) is 7.60. The van der Waals surface area contributed by atoms with Crippen LogP contribution in [0, 0.1) is 5.41 Å². The summed E-state index contributed by atoms with van der Waals surface area (Å²) >= 11 is 0. The minimum Gasteiger partial charge on any atom is -0.401 e. The van der Waals surface area contributed by atoms with E-state index in [0.29, 0.717) is 12.2 Å². The quantitative estimate of drug-likeness (QED) is 0.372. The molecule has 1 unspecified atom stereocenters. The van der Waals surface area contributed by atoms with E-state index in [1.165, 1.54) is 11.8 Å². The van der Waals surface area contributed by atoms with Gasteiger partial charge < -0.3 is 26.8 Å². The average molecular weight is 405 g/mol. The Morgan fingerprint density at radius 1 is 1.23 bits per heavy atom. The van der Waals surface area contributed by atoms with E-state index in [-0.39, 0.29) is 6.04 Å². The van der Waals surface area contributed by atoms with Crippen LogP contribution in [0.5, 0.6) is 0 Å². The van der Waals surface area contributed by atoms with Gasteiger partial charge >= 0.3 is 0 Å². The van der Waals surface area contributed by atoms with Gasteiger partial charge in [-0.3, -0.25) is 0 Å². The molecule has 1 heterocycles. The van der Waals surface area contributed by atoms with Gasteiger partial charge in [0, 0.05) is 48.5 Å². The summed E-state index contributed by atoms with van der Waals surface area (Å²) < 4.78 is 0. The Morgan fingerprint density at radius 2 is 1.97 bits per heavy atom. The smallest absolute Gasteiger partial charge is 0.0777 e. The highest BCUT2D eigenvalue weighted by Gasteiger charge is 2.26. The lowest BCUT2D eigenvalue weighted by Gasteiger charge is -2.22. The summed E-state index contributed by atoms with van der Waals surface area (Å²) in [6, 6.07) is 14.9. The first-order chi connectivity index (χ1) is 14.5. The summed E-state index contributed by atoms with van der Waals surface area (Å²) in [6.07, 6.45) is 5.04. The molecule has 6 nitrogen and oxygen atoms in total. The Morgan fingerprint density at radius 3 is 2.57 bits per heavy atom. The number of rotatable bonds is 6. The first-order valence-electron chi connectivity index (χ1n) is 10.3. The number of allylic oxidation sites excluding steroid dienone is 2. The minimum absolute atomic E-state index is 0.0666. The van der Waals surface area contributed by atoms with E-state index in [1.807, 2.05) is 26.2 Å². The van der Waals surface area contributed by atoms with Crippen molar-refractivity contribution in [3.8, 4) is 0 Å². The molecule has 1 aliphatic heterocycles. The molecule has 0 amide bonds. The van der Waals surface area contributed by atoms with Gasteiger partial charge in [-0.2, -0.15) is 0 Å². The van der Waals surface area contributed by atoms with Crippen LogP contribution in [0.1, 0.15) is 48.6 Å². The van der Waals surface area contributed by atoms with Crippen molar-refractivity contribution in [2.45, 2.75) is 32.7 Å². The van der Waals surface area contributed by atoms with Crippen molar-refractivity contribution < 1.29 is 0 Å². The molecule has 0 fully saturated rings. The van der Waals surface area contributed by atoms with Gasteiger partial charge in [-0.15, -0.1) is 0 Å². The van der Waals surface area contributed by atoms with E-state index in [0.717, 1.165) is 46.5 Å². The molecule has 7 N–H and O–H groups in total. The van der Waals surface area contributed by atoms with Crippen LogP contribution in [0.2, 0.25) is 0 Å². The minimum atomic E-state index is 0.0666. The number of hydrazine groups is 1. The number of benzene rings is 2. The maximum Gasteiger partial charge on any atom is 0.0777 e. The molecular formula is C24H32N6. The Bertz CT molecular complexity index is 954. The van der Waals surface area contributed by atoms with Crippen LogP contribution < -0.4 is 22.2 Å². The third kappa shape index (κ3) is 4.49. The second kappa shape index (κ2) is 9.50. The van der Waals surface area contributed by atoms with E-state index in [1.54, 1.807) is 5.01 Å². The van der Waals surface area contributed by atoms with Crippen molar-refractivity contribution in [2.75, 3.05) is 18.9 Å². The SMILES string of the molecule is CCc1ccc(NC2CCN(N)/C(=C(/C)N)c3ccc(/C(C=N)=C/NC)cc32)cc1. The van der Waals surface area contributed by atoms with Crippen LogP contribution in [0.15, 0.2) is 54.4 Å². The van der Waals surface area contributed by atoms with E-state index in [2.05, 4.69) is 54.0 Å². The molecule has 0 saturated heterocycles. The molecule has 6 heteroatoms. The Balaban J connectivity index is 2.10. The fourth-order valence-corrected chi connectivity index (χ4v) is 3.93. The van der Waals surface area contributed by atoms with Crippen LogP contribution >= 0.6 is 0 Å². The van der Waals surface area contributed by atoms with Crippen molar-refractivity contribution in [3.63, 3.8) is 0 Å². The van der Waals surface area contributed by atoms with Crippen molar-refractivity contribution in [3.05, 3.63) is 76.6 Å². The molecule has 2 aromatic rings. The van der Waals surface area contributed by atoms with Gasteiger partial charge in [0.1, 0.15) is 0 Å². The summed E-state index contributed by atoms with van der Waals surface area (Å²) in [5, 5.41) is 16.2. The van der Waals surface area contributed by atoms with Gasteiger partial charge in [0.2, 0.25) is 0 Å². The summed E-state index contributed by atoms with van der Waals surface area (Å²) in [7, 11) is 1.84. The Kier molecular flexibility index (Phi) is 6.79. The molecule has 3 rings (SSSR count). The highest BCUT2D eigenvalue weighted by molar-refractivity contribution is 6.08. The normalized spacial score (nSPS) is 18.3. The van der Waals surface area contributed by atoms with Crippen molar-refractivity contribution in [2.24, 2.45) is 11.6 Å². The maximum atomic E-state index is 7.79. The van der Waals surface area contributed by atoms with Crippen LogP contribution in [-0.2, 0) is 6.42 Å². The number of fused-ring (bicyclic) bond motifs is 1. The van der Waals surface area contributed by atoms with Gasteiger partial charge in [-0.1, -0.05) is 31.2 Å². The monoisotopic (exact) mass is 404 g/mol. The highest BCUT2D eigenvalue weighted by Crippen LogP contribution is 2.36. The molecule has 30 heavy (non-hydrogen) atoms. The topological polar surface area (TPSA) is 103 Å². The molecular weight excluding hydrogens is 372 g/mol. The Hall–Kier alpha value is -3.25. The van der Waals surface area contributed by atoms with Gasteiger partial charge in [0.15, 0.2) is 0 Å². The van der Waals surface area contributed by atoms with E-state index in [4.69, 9.17) is 17.0 Å². The number of aryl methyl sites for hydroxylation is 1. The van der Waals surface area contributed by atoms with E-state index >= 15 is 0 Å². The Labute approximate surface area is 179 Å². The largest absolute Gasteiger partial charge is 0.401 e. The zero-order chi connectivity index (χ0) is 21.7. The number of nitrogens with two attached hydrogens (primary N) is 2. The fraction of sp³-hybridized carbons (Fsp3) is 0.292. The molecule has 0 aromatic heterocycles. The van der Waals surface area contributed by atoms with E-state index in [9.17, 15) is 0 Å². The molecule has 158 valence electrons. The second-order valence-electron chi connectivity index (χ2n) is 7.60. The zero-order valence-electron chi connectivity index (χ0n) is 18.0. The summed E-state index contributed by atoms with van der Waals surface area (Å²) in [6.45, 7) is 4.72. The predicted molar refractivity (Wildman–Crippen MR) is 127 cm³/mol. The molecule has 1 atom stereocenters. The third-order valence-electron chi connectivity index (χ3n) is 5.49. The number of anilines is 1. The van der Waals surface area contributed by atoms with Crippen LogP contribution in [0.25, 0.3) is 11.3 Å². The molecule has 0 aliphatic carbocycles. The molecule has 0 spiro atoms. The van der Waals surface area contributed by atoms with Gasteiger partial charge in [-0.05, 0) is 54.7 Å². The number of nitrogens with zero attached hydrogens (tertiary/aromatic N) is 1. The molecule has 0 saturated carbocycles. The van der Waals surface area contributed by atoms with Crippen molar-refractivity contribution in [1.29, 1.82) is 5.41 Å². The lowest BCUT2D eigenvalue weighted by molar-refractivity contribution is 0.402. The average Bonchev–Trinajstić information content (AvgIpc) is 2.88. The summed E-state index contributed by atoms with van der Waals surface area (Å²) in [4.78, 5) is 0. The lowest BCUT2D eigenvalue weighted by atomic mass is 9.92.